The zero-order valence-electron chi connectivity index (χ0n) is 20.9. The van der Waals surface area contributed by atoms with Crippen molar-refractivity contribution in [3.63, 3.8) is 0 Å². The Balaban J connectivity index is 1.70. The second kappa shape index (κ2) is 12.2. The number of ether oxygens (including phenoxy) is 2. The van der Waals surface area contributed by atoms with E-state index < -0.39 is 6.04 Å². The molecule has 188 valence electrons. The summed E-state index contributed by atoms with van der Waals surface area (Å²) < 4.78 is 10.4. The molecule has 1 aliphatic rings. The quantitative estimate of drug-likeness (QED) is 0.573. The van der Waals surface area contributed by atoms with Gasteiger partial charge in [0.1, 0.15) is 17.5 Å². The van der Waals surface area contributed by atoms with Gasteiger partial charge in [-0.05, 0) is 74.6 Å². The number of carbonyl (C=O) groups excluding carboxylic acids is 3. The molecule has 3 amide bonds. The lowest BCUT2D eigenvalue weighted by atomic mass is 9.88. The molecule has 3 rings (SSSR count). The molecule has 0 spiro atoms. The smallest absolute Gasteiger partial charge is 0.253 e. The van der Waals surface area contributed by atoms with Gasteiger partial charge in [-0.3, -0.25) is 14.4 Å². The van der Waals surface area contributed by atoms with Gasteiger partial charge in [0.05, 0.1) is 14.2 Å². The summed E-state index contributed by atoms with van der Waals surface area (Å²) in [5.74, 6) is 0.604. The number of carbonyl (C=O) groups is 3. The third-order valence-electron chi connectivity index (χ3n) is 6.54. The van der Waals surface area contributed by atoms with E-state index in [0.29, 0.717) is 48.6 Å². The van der Waals surface area contributed by atoms with E-state index in [4.69, 9.17) is 9.47 Å². The summed E-state index contributed by atoms with van der Waals surface area (Å²) in [5, 5.41) is 5.95. The van der Waals surface area contributed by atoms with Crippen LogP contribution in [0.5, 0.6) is 11.5 Å². The average Bonchev–Trinajstić information content (AvgIpc) is 2.91. The zero-order chi connectivity index (χ0) is 25.4. The van der Waals surface area contributed by atoms with Gasteiger partial charge in [0.15, 0.2) is 0 Å². The highest BCUT2D eigenvalue weighted by Crippen LogP contribution is 2.24. The van der Waals surface area contributed by atoms with Gasteiger partial charge in [0, 0.05) is 30.3 Å². The topological polar surface area (TPSA) is 97.0 Å². The maximum absolute atomic E-state index is 13.2. The van der Waals surface area contributed by atoms with Crippen LogP contribution in [0.1, 0.15) is 53.8 Å². The first-order chi connectivity index (χ1) is 16.9. The molecule has 0 unspecified atom stereocenters. The molecule has 8 nitrogen and oxygen atoms in total. The molecule has 0 bridgehead atoms. The maximum Gasteiger partial charge on any atom is 0.253 e. The molecule has 1 heterocycles. The lowest BCUT2D eigenvalue weighted by molar-refractivity contribution is -0.125. The summed E-state index contributed by atoms with van der Waals surface area (Å²) in [5.41, 5.74) is 1.03. The Morgan fingerprint density at radius 2 is 1.60 bits per heavy atom. The number of benzene rings is 2. The van der Waals surface area contributed by atoms with Crippen molar-refractivity contribution in [2.24, 2.45) is 5.92 Å². The van der Waals surface area contributed by atoms with Crippen molar-refractivity contribution in [1.82, 2.24) is 15.5 Å². The summed E-state index contributed by atoms with van der Waals surface area (Å²) in [6.07, 6.45) is 2.01. The minimum atomic E-state index is -0.694. The van der Waals surface area contributed by atoms with E-state index in [1.165, 1.54) is 0 Å². The number of rotatable bonds is 9. The SMILES string of the molecule is CC[C@H](C)NC(=O)[C@@H](NC(=O)c1cccc(OC)c1)C1CCN(C(=O)c2ccc(OC)cc2)CC1. The fourth-order valence-electron chi connectivity index (χ4n) is 4.17. The van der Waals surface area contributed by atoms with E-state index >= 15 is 0 Å². The van der Waals surface area contributed by atoms with E-state index in [-0.39, 0.29) is 29.7 Å². The van der Waals surface area contributed by atoms with Crippen LogP contribution < -0.4 is 20.1 Å². The molecule has 2 aromatic rings. The number of likely N-dealkylation sites (tertiary alicyclic amines) is 1. The third-order valence-corrected chi connectivity index (χ3v) is 6.54. The van der Waals surface area contributed by atoms with E-state index in [2.05, 4.69) is 10.6 Å². The minimum Gasteiger partial charge on any atom is -0.497 e. The Morgan fingerprint density at radius 3 is 2.20 bits per heavy atom. The zero-order valence-corrected chi connectivity index (χ0v) is 20.9. The molecule has 0 aromatic heterocycles. The molecule has 1 fully saturated rings. The first kappa shape index (κ1) is 26.1. The Hall–Kier alpha value is -3.55. The Labute approximate surface area is 207 Å². The number of nitrogens with one attached hydrogen (secondary N) is 2. The van der Waals surface area contributed by atoms with Crippen LogP contribution in [0.15, 0.2) is 48.5 Å². The van der Waals surface area contributed by atoms with Crippen LogP contribution in [0.25, 0.3) is 0 Å². The van der Waals surface area contributed by atoms with Crippen molar-refractivity contribution >= 4 is 17.7 Å². The lowest BCUT2D eigenvalue weighted by Crippen LogP contribution is -2.55. The molecule has 0 radical (unpaired) electrons. The molecule has 2 atom stereocenters. The van der Waals surface area contributed by atoms with Crippen LogP contribution in [0.2, 0.25) is 0 Å². The molecular weight excluding hydrogens is 446 g/mol. The van der Waals surface area contributed by atoms with Gasteiger partial charge < -0.3 is 25.0 Å². The molecular formula is C27H35N3O5. The summed E-state index contributed by atoms with van der Waals surface area (Å²) in [6.45, 7) is 4.96. The second-order valence-corrected chi connectivity index (χ2v) is 8.86. The summed E-state index contributed by atoms with van der Waals surface area (Å²) in [7, 11) is 3.13. The second-order valence-electron chi connectivity index (χ2n) is 8.86. The molecule has 2 N–H and O–H groups in total. The van der Waals surface area contributed by atoms with Gasteiger partial charge in [0.2, 0.25) is 5.91 Å². The maximum atomic E-state index is 13.2. The van der Waals surface area contributed by atoms with Crippen molar-refractivity contribution in [3.05, 3.63) is 59.7 Å². The molecule has 1 saturated heterocycles. The summed E-state index contributed by atoms with van der Waals surface area (Å²) in [4.78, 5) is 40.9. The highest BCUT2D eigenvalue weighted by Gasteiger charge is 2.34. The molecule has 0 aliphatic carbocycles. The van der Waals surface area contributed by atoms with Crippen LogP contribution in [-0.2, 0) is 4.79 Å². The van der Waals surface area contributed by atoms with Gasteiger partial charge in [-0.25, -0.2) is 0 Å². The monoisotopic (exact) mass is 481 g/mol. The molecule has 2 aromatic carbocycles. The number of hydrogen-bond donors (Lipinski definition) is 2. The van der Waals surface area contributed by atoms with Crippen molar-refractivity contribution in [2.75, 3.05) is 27.3 Å². The van der Waals surface area contributed by atoms with Gasteiger partial charge in [-0.15, -0.1) is 0 Å². The van der Waals surface area contributed by atoms with Crippen LogP contribution >= 0.6 is 0 Å². The van der Waals surface area contributed by atoms with Gasteiger partial charge in [-0.2, -0.15) is 0 Å². The fourth-order valence-corrected chi connectivity index (χ4v) is 4.17. The number of nitrogens with zero attached hydrogens (tertiary/aromatic N) is 1. The third kappa shape index (κ3) is 6.74. The van der Waals surface area contributed by atoms with Crippen LogP contribution in [0, 0.1) is 5.92 Å². The Kier molecular flexibility index (Phi) is 9.11. The standard InChI is InChI=1S/C27H35N3O5/c1-5-18(2)28-26(32)24(29-25(31)21-7-6-8-23(17-21)35-4)19-13-15-30(16-14-19)27(33)20-9-11-22(34-3)12-10-20/h6-12,17-19,24H,5,13-16H2,1-4H3,(H,28,32)(H,29,31)/t18-,24-/m0/s1. The fraction of sp³-hybridized carbons (Fsp3) is 0.444. The summed E-state index contributed by atoms with van der Waals surface area (Å²) >= 11 is 0. The van der Waals surface area contributed by atoms with E-state index in [9.17, 15) is 14.4 Å². The van der Waals surface area contributed by atoms with Crippen LogP contribution in [-0.4, -0.2) is 62.0 Å². The lowest BCUT2D eigenvalue weighted by Gasteiger charge is -2.36. The highest BCUT2D eigenvalue weighted by molar-refractivity contribution is 5.98. The van der Waals surface area contributed by atoms with E-state index in [1.807, 2.05) is 13.8 Å². The first-order valence-corrected chi connectivity index (χ1v) is 12.0. The van der Waals surface area contributed by atoms with Gasteiger partial charge >= 0.3 is 0 Å². The highest BCUT2D eigenvalue weighted by atomic mass is 16.5. The average molecular weight is 482 g/mol. The molecule has 1 aliphatic heterocycles. The Morgan fingerprint density at radius 1 is 0.943 bits per heavy atom. The number of methoxy groups -OCH3 is 2. The van der Waals surface area contributed by atoms with Gasteiger partial charge in [-0.1, -0.05) is 13.0 Å². The number of hydrogen-bond acceptors (Lipinski definition) is 5. The van der Waals surface area contributed by atoms with Crippen molar-refractivity contribution in [1.29, 1.82) is 0 Å². The Bertz CT molecular complexity index is 1020. The molecule has 8 heteroatoms. The first-order valence-electron chi connectivity index (χ1n) is 12.0. The number of piperidine rings is 1. The molecule has 0 saturated carbocycles. The van der Waals surface area contributed by atoms with E-state index in [1.54, 1.807) is 67.7 Å². The van der Waals surface area contributed by atoms with Crippen LogP contribution in [0.4, 0.5) is 0 Å². The van der Waals surface area contributed by atoms with Crippen molar-refractivity contribution < 1.29 is 23.9 Å². The van der Waals surface area contributed by atoms with Gasteiger partial charge in [0.25, 0.3) is 11.8 Å². The molecule has 35 heavy (non-hydrogen) atoms. The van der Waals surface area contributed by atoms with Crippen molar-refractivity contribution in [3.8, 4) is 11.5 Å². The predicted octanol–water partition coefficient (Wildman–Crippen LogP) is 3.27. The summed E-state index contributed by atoms with van der Waals surface area (Å²) in [6, 6.07) is 13.2. The van der Waals surface area contributed by atoms with E-state index in [0.717, 1.165) is 6.42 Å². The predicted molar refractivity (Wildman–Crippen MR) is 134 cm³/mol. The normalized spacial score (nSPS) is 15.6. The van der Waals surface area contributed by atoms with Crippen molar-refractivity contribution in [2.45, 2.75) is 45.2 Å². The number of amides is 3. The largest absolute Gasteiger partial charge is 0.497 e. The van der Waals surface area contributed by atoms with Crippen LogP contribution in [0.3, 0.4) is 0 Å². The minimum absolute atomic E-state index is 0.00420.